The molecule has 0 saturated heterocycles. The Hall–Kier alpha value is -1.42. The molecule has 15 heavy (non-hydrogen) atoms. The summed E-state index contributed by atoms with van der Waals surface area (Å²) < 4.78 is 5.31. The molecule has 0 aromatic heterocycles. The topological polar surface area (TPSA) is 73.3 Å². The summed E-state index contributed by atoms with van der Waals surface area (Å²) in [5.74, 6) is 0. The summed E-state index contributed by atoms with van der Waals surface area (Å²) >= 11 is 0. The molecule has 1 unspecified atom stereocenters. The van der Waals surface area contributed by atoms with E-state index in [1.54, 1.807) is 7.11 Å². The average Bonchev–Trinajstić information content (AvgIpc) is 2.25. The number of benzene rings is 1. The van der Waals surface area contributed by atoms with Crippen LogP contribution in [0.15, 0.2) is 6.07 Å². The van der Waals surface area contributed by atoms with E-state index in [1.807, 2.05) is 13.0 Å². The minimum Gasteiger partial charge on any atom is -0.398 e. The van der Waals surface area contributed by atoms with Crippen molar-refractivity contribution in [3.05, 3.63) is 17.2 Å². The zero-order valence-corrected chi connectivity index (χ0v) is 9.13. The molecule has 0 aliphatic carbocycles. The number of ether oxygens (including phenoxy) is 1. The van der Waals surface area contributed by atoms with Gasteiger partial charge in [0.1, 0.15) is 0 Å². The molecular formula is C11H17N3O. The molecule has 4 heteroatoms. The van der Waals surface area contributed by atoms with Crippen LogP contribution in [0, 0.1) is 6.92 Å². The van der Waals surface area contributed by atoms with Crippen LogP contribution in [0.3, 0.4) is 0 Å². The number of anilines is 3. The smallest absolute Gasteiger partial charge is 0.0785 e. The number of nitrogens with two attached hydrogens (primary N) is 2. The Kier molecular flexibility index (Phi) is 2.44. The van der Waals surface area contributed by atoms with Crippen LogP contribution in [0.1, 0.15) is 11.1 Å². The fourth-order valence-electron chi connectivity index (χ4n) is 2.01. The first kappa shape index (κ1) is 10.1. The number of rotatable bonds is 1. The predicted molar refractivity (Wildman–Crippen MR) is 63.0 cm³/mol. The van der Waals surface area contributed by atoms with Crippen molar-refractivity contribution in [1.29, 1.82) is 0 Å². The fourth-order valence-corrected chi connectivity index (χ4v) is 2.01. The zero-order chi connectivity index (χ0) is 11.0. The Labute approximate surface area is 89.6 Å². The number of nitrogen functional groups attached to an aromatic ring is 2. The second kappa shape index (κ2) is 3.62. The van der Waals surface area contributed by atoms with E-state index in [2.05, 4.69) is 5.32 Å². The molecule has 1 aromatic carbocycles. The van der Waals surface area contributed by atoms with Crippen LogP contribution in [0.5, 0.6) is 0 Å². The minimum atomic E-state index is 0.182. The lowest BCUT2D eigenvalue weighted by molar-refractivity contribution is 0.111. The van der Waals surface area contributed by atoms with Crippen molar-refractivity contribution in [2.45, 2.75) is 19.4 Å². The SMILES string of the molecule is COC1CNc2c(N)c(C)cc(N)c2C1. The van der Waals surface area contributed by atoms with Gasteiger partial charge in [-0.25, -0.2) is 0 Å². The minimum absolute atomic E-state index is 0.182. The molecule has 0 amide bonds. The molecule has 1 aliphatic rings. The summed E-state index contributed by atoms with van der Waals surface area (Å²) in [6, 6.07) is 1.92. The summed E-state index contributed by atoms with van der Waals surface area (Å²) in [5.41, 5.74) is 16.7. The van der Waals surface area contributed by atoms with Gasteiger partial charge in [-0.05, 0) is 18.6 Å². The maximum atomic E-state index is 6.00. The van der Waals surface area contributed by atoms with Gasteiger partial charge in [-0.1, -0.05) is 0 Å². The van der Waals surface area contributed by atoms with Crippen molar-refractivity contribution in [3.63, 3.8) is 0 Å². The zero-order valence-electron chi connectivity index (χ0n) is 9.13. The van der Waals surface area contributed by atoms with Crippen molar-refractivity contribution < 1.29 is 4.74 Å². The highest BCUT2D eigenvalue weighted by Crippen LogP contribution is 2.35. The van der Waals surface area contributed by atoms with E-state index >= 15 is 0 Å². The molecule has 2 rings (SSSR count). The van der Waals surface area contributed by atoms with E-state index in [4.69, 9.17) is 16.2 Å². The molecule has 1 aromatic rings. The highest BCUT2D eigenvalue weighted by molar-refractivity contribution is 5.80. The standard InChI is InChI=1S/C11H17N3O/c1-6-3-9(12)8-4-7(15-2)5-14-11(8)10(6)13/h3,7,14H,4-5,12-13H2,1-2H3. The van der Waals surface area contributed by atoms with Crippen LogP contribution in [0.2, 0.25) is 0 Å². The normalized spacial score (nSPS) is 19.5. The van der Waals surface area contributed by atoms with Gasteiger partial charge in [0.2, 0.25) is 0 Å². The predicted octanol–water partition coefficient (Wildman–Crippen LogP) is 1.14. The van der Waals surface area contributed by atoms with Gasteiger partial charge in [0, 0.05) is 31.3 Å². The summed E-state index contributed by atoms with van der Waals surface area (Å²) in [6.45, 7) is 2.76. The first-order valence-electron chi connectivity index (χ1n) is 5.07. The van der Waals surface area contributed by atoms with Crippen LogP contribution < -0.4 is 16.8 Å². The van der Waals surface area contributed by atoms with Crippen LogP contribution in [0.25, 0.3) is 0 Å². The first-order valence-corrected chi connectivity index (χ1v) is 5.07. The van der Waals surface area contributed by atoms with Crippen molar-refractivity contribution in [2.24, 2.45) is 0 Å². The third-order valence-corrected chi connectivity index (χ3v) is 2.99. The molecule has 0 spiro atoms. The molecule has 0 saturated carbocycles. The maximum Gasteiger partial charge on any atom is 0.0785 e. The number of aryl methyl sites for hydroxylation is 1. The van der Waals surface area contributed by atoms with Crippen LogP contribution in [-0.2, 0) is 11.2 Å². The van der Waals surface area contributed by atoms with Crippen molar-refractivity contribution in [1.82, 2.24) is 0 Å². The third-order valence-electron chi connectivity index (χ3n) is 2.99. The van der Waals surface area contributed by atoms with Crippen LogP contribution in [-0.4, -0.2) is 19.8 Å². The summed E-state index contributed by atoms with van der Waals surface area (Å²) in [7, 11) is 1.71. The van der Waals surface area contributed by atoms with Gasteiger partial charge in [0.15, 0.2) is 0 Å². The number of hydrogen-bond donors (Lipinski definition) is 3. The van der Waals surface area contributed by atoms with Crippen molar-refractivity contribution >= 4 is 17.1 Å². The van der Waals surface area contributed by atoms with Gasteiger partial charge in [0.25, 0.3) is 0 Å². The number of hydrogen-bond acceptors (Lipinski definition) is 4. The monoisotopic (exact) mass is 207 g/mol. The fraction of sp³-hybridized carbons (Fsp3) is 0.455. The van der Waals surface area contributed by atoms with Crippen molar-refractivity contribution in [3.8, 4) is 0 Å². The van der Waals surface area contributed by atoms with E-state index in [9.17, 15) is 0 Å². The molecule has 0 bridgehead atoms. The number of fused-ring (bicyclic) bond motifs is 1. The number of methoxy groups -OCH3 is 1. The van der Waals surface area contributed by atoms with Crippen LogP contribution >= 0.6 is 0 Å². The van der Waals surface area contributed by atoms with Gasteiger partial charge in [-0.3, -0.25) is 0 Å². The summed E-state index contributed by atoms with van der Waals surface area (Å²) in [5, 5.41) is 3.28. The van der Waals surface area contributed by atoms with Gasteiger partial charge in [-0.15, -0.1) is 0 Å². The average molecular weight is 207 g/mol. The molecule has 0 fully saturated rings. The molecule has 82 valence electrons. The van der Waals surface area contributed by atoms with E-state index < -0.39 is 0 Å². The second-order valence-corrected chi connectivity index (χ2v) is 3.99. The first-order chi connectivity index (χ1) is 7.13. The quantitative estimate of drug-likeness (QED) is 0.604. The Morgan fingerprint density at radius 1 is 1.47 bits per heavy atom. The Morgan fingerprint density at radius 2 is 2.20 bits per heavy atom. The Bertz CT molecular complexity index is 390. The van der Waals surface area contributed by atoms with Gasteiger partial charge >= 0.3 is 0 Å². The Morgan fingerprint density at radius 3 is 2.87 bits per heavy atom. The van der Waals surface area contributed by atoms with Crippen LogP contribution in [0.4, 0.5) is 17.1 Å². The molecule has 1 aliphatic heterocycles. The molecule has 0 radical (unpaired) electrons. The Balaban J connectivity index is 2.47. The summed E-state index contributed by atoms with van der Waals surface area (Å²) in [4.78, 5) is 0. The maximum absolute atomic E-state index is 6.00. The van der Waals surface area contributed by atoms with Crippen molar-refractivity contribution in [2.75, 3.05) is 30.4 Å². The van der Waals surface area contributed by atoms with Gasteiger partial charge in [-0.2, -0.15) is 0 Å². The van der Waals surface area contributed by atoms with Gasteiger partial charge in [0.05, 0.1) is 17.5 Å². The lowest BCUT2D eigenvalue weighted by Gasteiger charge is -2.28. The van der Waals surface area contributed by atoms with Gasteiger partial charge < -0.3 is 21.5 Å². The largest absolute Gasteiger partial charge is 0.398 e. The van der Waals surface area contributed by atoms with E-state index in [0.29, 0.717) is 0 Å². The molecular weight excluding hydrogens is 190 g/mol. The lowest BCUT2D eigenvalue weighted by Crippen LogP contribution is -2.30. The molecule has 5 N–H and O–H groups in total. The summed E-state index contributed by atoms with van der Waals surface area (Å²) in [6.07, 6.45) is 1.01. The second-order valence-electron chi connectivity index (χ2n) is 3.99. The third kappa shape index (κ3) is 1.61. The van der Waals surface area contributed by atoms with E-state index in [0.717, 1.165) is 41.2 Å². The van der Waals surface area contributed by atoms with E-state index in [-0.39, 0.29) is 6.10 Å². The lowest BCUT2D eigenvalue weighted by atomic mass is 9.96. The number of nitrogens with one attached hydrogen (secondary N) is 1. The molecule has 4 nitrogen and oxygen atoms in total. The highest BCUT2D eigenvalue weighted by atomic mass is 16.5. The molecule has 1 atom stereocenters. The molecule has 1 heterocycles. The van der Waals surface area contributed by atoms with E-state index in [1.165, 1.54) is 0 Å². The highest BCUT2D eigenvalue weighted by Gasteiger charge is 2.22.